The number of benzene rings is 2. The standard InChI is InChI=1S/C24H26N2O6/c1-4-31-23(29)17-6-8-19(9-7-17)25-21(27)14-32-24(30)18-12-22(28)26(13-18)20-10-5-15(2)11-16(20)3/h5-11,18H,4,12-14H2,1-3H3,(H,25,27)/t18-/m0/s1. The average molecular weight is 438 g/mol. The molecule has 2 aromatic rings. The van der Waals surface area contributed by atoms with Crippen LogP contribution in [0.3, 0.4) is 0 Å². The Kier molecular flexibility index (Phi) is 7.25. The summed E-state index contributed by atoms with van der Waals surface area (Å²) in [5.74, 6) is -2.32. The molecule has 0 aliphatic carbocycles. The third-order valence-corrected chi connectivity index (χ3v) is 5.13. The first-order chi connectivity index (χ1) is 15.3. The van der Waals surface area contributed by atoms with Gasteiger partial charge in [-0.05, 0) is 56.7 Å². The van der Waals surface area contributed by atoms with Crippen molar-refractivity contribution in [3.8, 4) is 0 Å². The van der Waals surface area contributed by atoms with E-state index in [4.69, 9.17) is 9.47 Å². The van der Waals surface area contributed by atoms with Gasteiger partial charge in [0, 0.05) is 24.3 Å². The first-order valence-electron chi connectivity index (χ1n) is 10.4. The molecule has 2 aromatic carbocycles. The van der Waals surface area contributed by atoms with Gasteiger partial charge in [0.1, 0.15) is 0 Å². The molecule has 0 saturated carbocycles. The number of nitrogens with one attached hydrogen (secondary N) is 1. The molecule has 32 heavy (non-hydrogen) atoms. The number of anilines is 2. The molecular weight excluding hydrogens is 412 g/mol. The quantitative estimate of drug-likeness (QED) is 0.667. The molecule has 0 aromatic heterocycles. The Morgan fingerprint density at radius 3 is 2.44 bits per heavy atom. The van der Waals surface area contributed by atoms with Crippen LogP contribution in [0.25, 0.3) is 0 Å². The second-order valence-corrected chi connectivity index (χ2v) is 7.65. The fourth-order valence-electron chi connectivity index (χ4n) is 3.56. The zero-order chi connectivity index (χ0) is 23.3. The lowest BCUT2D eigenvalue weighted by Crippen LogP contribution is -2.28. The van der Waals surface area contributed by atoms with Gasteiger partial charge in [-0.3, -0.25) is 14.4 Å². The lowest BCUT2D eigenvalue weighted by Gasteiger charge is -2.19. The van der Waals surface area contributed by atoms with Gasteiger partial charge in [-0.25, -0.2) is 4.79 Å². The molecule has 1 atom stereocenters. The number of amides is 2. The van der Waals surface area contributed by atoms with Crippen molar-refractivity contribution >= 4 is 35.1 Å². The van der Waals surface area contributed by atoms with Crippen LogP contribution in [0.4, 0.5) is 11.4 Å². The van der Waals surface area contributed by atoms with Gasteiger partial charge >= 0.3 is 11.9 Å². The molecule has 0 bridgehead atoms. The van der Waals surface area contributed by atoms with Gasteiger partial charge in [-0.1, -0.05) is 17.7 Å². The minimum absolute atomic E-state index is 0.0447. The minimum Gasteiger partial charge on any atom is -0.462 e. The summed E-state index contributed by atoms with van der Waals surface area (Å²) >= 11 is 0. The highest BCUT2D eigenvalue weighted by atomic mass is 16.5. The average Bonchev–Trinajstić information content (AvgIpc) is 3.14. The number of carbonyl (C=O) groups is 4. The Bertz CT molecular complexity index is 1030. The predicted molar refractivity (Wildman–Crippen MR) is 118 cm³/mol. The largest absolute Gasteiger partial charge is 0.462 e. The second kappa shape index (κ2) is 10.1. The van der Waals surface area contributed by atoms with Gasteiger partial charge in [0.15, 0.2) is 6.61 Å². The molecule has 0 radical (unpaired) electrons. The normalized spacial score (nSPS) is 15.4. The van der Waals surface area contributed by atoms with E-state index in [2.05, 4.69) is 5.32 Å². The van der Waals surface area contributed by atoms with Crippen LogP contribution >= 0.6 is 0 Å². The predicted octanol–water partition coefficient (Wildman–Crippen LogP) is 3.01. The highest BCUT2D eigenvalue weighted by Crippen LogP contribution is 2.29. The van der Waals surface area contributed by atoms with Crippen molar-refractivity contribution in [1.29, 1.82) is 0 Å². The molecule has 2 amide bonds. The van der Waals surface area contributed by atoms with Crippen LogP contribution in [-0.4, -0.2) is 43.5 Å². The molecule has 1 fully saturated rings. The number of ether oxygens (including phenoxy) is 2. The van der Waals surface area contributed by atoms with Crippen LogP contribution in [-0.2, 0) is 23.9 Å². The number of hydrogen-bond donors (Lipinski definition) is 1. The van der Waals surface area contributed by atoms with E-state index >= 15 is 0 Å². The molecule has 1 aliphatic rings. The van der Waals surface area contributed by atoms with Crippen LogP contribution in [0.15, 0.2) is 42.5 Å². The van der Waals surface area contributed by atoms with Crippen LogP contribution < -0.4 is 10.2 Å². The zero-order valence-corrected chi connectivity index (χ0v) is 18.3. The number of rotatable bonds is 7. The first kappa shape index (κ1) is 23.0. The Balaban J connectivity index is 1.50. The maximum absolute atomic E-state index is 12.4. The van der Waals surface area contributed by atoms with Gasteiger partial charge in [-0.15, -0.1) is 0 Å². The summed E-state index contributed by atoms with van der Waals surface area (Å²) in [6.07, 6.45) is 0.0447. The van der Waals surface area contributed by atoms with Gasteiger partial charge in [-0.2, -0.15) is 0 Å². The van der Waals surface area contributed by atoms with Crippen molar-refractivity contribution < 1.29 is 28.7 Å². The fraction of sp³-hybridized carbons (Fsp3) is 0.333. The summed E-state index contributed by atoms with van der Waals surface area (Å²) in [6.45, 7) is 5.65. The molecule has 3 rings (SSSR count). The van der Waals surface area contributed by atoms with E-state index in [-0.39, 0.29) is 25.5 Å². The number of esters is 2. The van der Waals surface area contributed by atoms with Crippen LogP contribution in [0.1, 0.15) is 34.8 Å². The smallest absolute Gasteiger partial charge is 0.338 e. The number of nitrogens with zero attached hydrogens (tertiary/aromatic N) is 1. The first-order valence-corrected chi connectivity index (χ1v) is 10.4. The number of hydrogen-bond acceptors (Lipinski definition) is 6. The summed E-state index contributed by atoms with van der Waals surface area (Å²) in [6, 6.07) is 12.0. The zero-order valence-electron chi connectivity index (χ0n) is 18.3. The van der Waals surface area contributed by atoms with Gasteiger partial charge in [0.25, 0.3) is 5.91 Å². The van der Waals surface area contributed by atoms with E-state index < -0.39 is 30.4 Å². The summed E-state index contributed by atoms with van der Waals surface area (Å²) in [5.41, 5.74) is 3.66. The van der Waals surface area contributed by atoms with Crippen LogP contribution in [0, 0.1) is 19.8 Å². The Labute approximate surface area is 186 Å². The van der Waals surface area contributed by atoms with Crippen molar-refractivity contribution in [2.45, 2.75) is 27.2 Å². The SMILES string of the molecule is CCOC(=O)c1ccc(NC(=O)COC(=O)[C@H]2CC(=O)N(c3ccc(C)cc3C)C2)cc1. The van der Waals surface area contributed by atoms with Crippen molar-refractivity contribution in [3.63, 3.8) is 0 Å². The topological polar surface area (TPSA) is 102 Å². The van der Waals surface area contributed by atoms with Gasteiger partial charge in [0.2, 0.25) is 5.91 Å². The van der Waals surface area contributed by atoms with Crippen molar-refractivity contribution in [2.75, 3.05) is 30.0 Å². The molecule has 8 heteroatoms. The molecule has 8 nitrogen and oxygen atoms in total. The molecule has 0 unspecified atom stereocenters. The van der Waals surface area contributed by atoms with Gasteiger partial charge < -0.3 is 19.7 Å². The van der Waals surface area contributed by atoms with Crippen molar-refractivity contribution in [3.05, 3.63) is 59.2 Å². The second-order valence-electron chi connectivity index (χ2n) is 7.65. The van der Waals surface area contributed by atoms with Crippen LogP contribution in [0.2, 0.25) is 0 Å². The third-order valence-electron chi connectivity index (χ3n) is 5.13. The monoisotopic (exact) mass is 438 g/mol. The number of aryl methyl sites for hydroxylation is 2. The minimum atomic E-state index is -0.625. The highest BCUT2D eigenvalue weighted by molar-refractivity contribution is 6.00. The maximum atomic E-state index is 12.4. The third kappa shape index (κ3) is 5.51. The van der Waals surface area contributed by atoms with E-state index in [0.29, 0.717) is 11.3 Å². The Hall–Kier alpha value is -3.68. The van der Waals surface area contributed by atoms with E-state index in [1.54, 1.807) is 24.0 Å². The molecule has 168 valence electrons. The summed E-state index contributed by atoms with van der Waals surface area (Å²) in [4.78, 5) is 50.2. The summed E-state index contributed by atoms with van der Waals surface area (Å²) in [7, 11) is 0. The molecular formula is C24H26N2O6. The molecule has 1 heterocycles. The van der Waals surface area contributed by atoms with E-state index in [0.717, 1.165) is 16.8 Å². The molecule has 0 spiro atoms. The Morgan fingerprint density at radius 2 is 1.78 bits per heavy atom. The lowest BCUT2D eigenvalue weighted by molar-refractivity contribution is -0.151. The van der Waals surface area contributed by atoms with E-state index in [1.807, 2.05) is 32.0 Å². The molecule has 1 aliphatic heterocycles. The molecule has 1 saturated heterocycles. The Morgan fingerprint density at radius 1 is 1.06 bits per heavy atom. The van der Waals surface area contributed by atoms with Crippen molar-refractivity contribution in [2.24, 2.45) is 5.92 Å². The van der Waals surface area contributed by atoms with Crippen molar-refractivity contribution in [1.82, 2.24) is 0 Å². The fourth-order valence-corrected chi connectivity index (χ4v) is 3.56. The highest BCUT2D eigenvalue weighted by Gasteiger charge is 2.36. The maximum Gasteiger partial charge on any atom is 0.338 e. The van der Waals surface area contributed by atoms with Crippen LogP contribution in [0.5, 0.6) is 0 Å². The number of carbonyl (C=O) groups excluding carboxylic acids is 4. The molecule has 1 N–H and O–H groups in total. The lowest BCUT2D eigenvalue weighted by atomic mass is 10.1. The van der Waals surface area contributed by atoms with E-state index in [1.165, 1.54) is 12.1 Å². The van der Waals surface area contributed by atoms with Gasteiger partial charge in [0.05, 0.1) is 18.1 Å². The summed E-state index contributed by atoms with van der Waals surface area (Å²) < 4.78 is 10.0. The summed E-state index contributed by atoms with van der Waals surface area (Å²) in [5, 5.41) is 2.60. The van der Waals surface area contributed by atoms with E-state index in [9.17, 15) is 19.2 Å².